The molecule has 0 aliphatic carbocycles. The second-order valence-corrected chi connectivity index (χ2v) is 4.26. The standard InChI is InChI=1S/C11H20N4O2/c1-3-8(12)11-13-10(14-17-11)9-7-15(4-2)5-6-16-9/h8-9H,3-7,12H2,1-2H3/t8-,9?/m1/s1. The van der Waals surface area contributed by atoms with Crippen molar-refractivity contribution in [2.45, 2.75) is 32.4 Å². The van der Waals surface area contributed by atoms with Crippen molar-refractivity contribution in [2.75, 3.05) is 26.2 Å². The van der Waals surface area contributed by atoms with Gasteiger partial charge in [-0.3, -0.25) is 4.90 Å². The normalized spacial score (nSPS) is 23.8. The average Bonchev–Trinajstić information content (AvgIpc) is 2.87. The van der Waals surface area contributed by atoms with Gasteiger partial charge in [-0.25, -0.2) is 0 Å². The molecule has 0 saturated carbocycles. The van der Waals surface area contributed by atoms with Crippen molar-refractivity contribution in [1.82, 2.24) is 15.0 Å². The van der Waals surface area contributed by atoms with Gasteiger partial charge in [0, 0.05) is 13.1 Å². The van der Waals surface area contributed by atoms with Crippen LogP contribution in [0.1, 0.15) is 44.1 Å². The Bertz CT molecular complexity index is 355. The van der Waals surface area contributed by atoms with Gasteiger partial charge in [0.05, 0.1) is 12.6 Å². The molecule has 2 N–H and O–H groups in total. The Hall–Kier alpha value is -0.980. The highest BCUT2D eigenvalue weighted by Gasteiger charge is 2.26. The molecule has 17 heavy (non-hydrogen) atoms. The maximum absolute atomic E-state index is 5.84. The van der Waals surface area contributed by atoms with E-state index in [1.165, 1.54) is 0 Å². The summed E-state index contributed by atoms with van der Waals surface area (Å²) in [7, 11) is 0. The van der Waals surface area contributed by atoms with Gasteiger partial charge in [0.15, 0.2) is 0 Å². The molecule has 0 bridgehead atoms. The van der Waals surface area contributed by atoms with E-state index in [0.717, 1.165) is 26.1 Å². The number of ether oxygens (including phenoxy) is 1. The molecular formula is C11H20N4O2. The van der Waals surface area contributed by atoms with Crippen molar-refractivity contribution < 1.29 is 9.26 Å². The first-order chi connectivity index (χ1) is 8.24. The minimum atomic E-state index is -0.179. The van der Waals surface area contributed by atoms with Gasteiger partial charge in [0.1, 0.15) is 6.10 Å². The lowest BCUT2D eigenvalue weighted by molar-refractivity contribution is -0.0334. The van der Waals surface area contributed by atoms with Crippen molar-refractivity contribution in [3.05, 3.63) is 11.7 Å². The average molecular weight is 240 g/mol. The number of hydrogen-bond acceptors (Lipinski definition) is 6. The van der Waals surface area contributed by atoms with E-state index in [1.54, 1.807) is 0 Å². The van der Waals surface area contributed by atoms with Crippen LogP contribution in [0.15, 0.2) is 4.52 Å². The molecule has 2 heterocycles. The zero-order chi connectivity index (χ0) is 12.3. The number of rotatable bonds is 4. The first-order valence-electron chi connectivity index (χ1n) is 6.17. The molecule has 0 aromatic carbocycles. The van der Waals surface area contributed by atoms with Gasteiger partial charge in [-0.15, -0.1) is 0 Å². The summed E-state index contributed by atoms with van der Waals surface area (Å²) < 4.78 is 10.8. The fourth-order valence-corrected chi connectivity index (χ4v) is 1.85. The quantitative estimate of drug-likeness (QED) is 0.841. The second-order valence-electron chi connectivity index (χ2n) is 4.26. The van der Waals surface area contributed by atoms with Crippen LogP contribution in [-0.2, 0) is 4.74 Å². The molecule has 96 valence electrons. The lowest BCUT2D eigenvalue weighted by Gasteiger charge is -2.30. The predicted molar refractivity (Wildman–Crippen MR) is 62.3 cm³/mol. The Balaban J connectivity index is 2.04. The lowest BCUT2D eigenvalue weighted by atomic mass is 10.2. The summed E-state index contributed by atoms with van der Waals surface area (Å²) in [4.78, 5) is 6.63. The van der Waals surface area contributed by atoms with Crippen LogP contribution in [0, 0.1) is 0 Å². The van der Waals surface area contributed by atoms with E-state index in [0.29, 0.717) is 18.3 Å². The van der Waals surface area contributed by atoms with Gasteiger partial charge in [-0.2, -0.15) is 4.98 Å². The molecule has 0 spiro atoms. The molecule has 1 aliphatic heterocycles. The molecule has 1 saturated heterocycles. The highest BCUT2D eigenvalue weighted by molar-refractivity contribution is 4.96. The smallest absolute Gasteiger partial charge is 0.243 e. The van der Waals surface area contributed by atoms with Gasteiger partial charge in [-0.05, 0) is 13.0 Å². The topological polar surface area (TPSA) is 77.4 Å². The zero-order valence-corrected chi connectivity index (χ0v) is 10.4. The molecule has 1 aliphatic rings. The van der Waals surface area contributed by atoms with Crippen LogP contribution < -0.4 is 5.73 Å². The van der Waals surface area contributed by atoms with Crippen LogP contribution >= 0.6 is 0 Å². The van der Waals surface area contributed by atoms with Gasteiger partial charge in [0.2, 0.25) is 11.7 Å². The summed E-state index contributed by atoms with van der Waals surface area (Å²) in [5.41, 5.74) is 5.84. The van der Waals surface area contributed by atoms with Gasteiger partial charge >= 0.3 is 0 Å². The SMILES string of the molecule is CC[C@@H](N)c1nc(C2CN(CC)CCO2)no1. The van der Waals surface area contributed by atoms with Crippen LogP contribution in [0.3, 0.4) is 0 Å². The number of hydrogen-bond donors (Lipinski definition) is 1. The fraction of sp³-hybridized carbons (Fsp3) is 0.818. The van der Waals surface area contributed by atoms with E-state index < -0.39 is 0 Å². The monoisotopic (exact) mass is 240 g/mol. The largest absolute Gasteiger partial charge is 0.367 e. The van der Waals surface area contributed by atoms with E-state index in [2.05, 4.69) is 22.0 Å². The number of aromatic nitrogens is 2. The predicted octanol–water partition coefficient (Wildman–Crippen LogP) is 0.873. The molecule has 1 unspecified atom stereocenters. The Morgan fingerprint density at radius 1 is 1.53 bits per heavy atom. The Kier molecular flexibility index (Phi) is 4.09. The van der Waals surface area contributed by atoms with E-state index in [-0.39, 0.29) is 12.1 Å². The van der Waals surface area contributed by atoms with Gasteiger partial charge in [0.25, 0.3) is 0 Å². The van der Waals surface area contributed by atoms with Gasteiger partial charge < -0.3 is 15.0 Å². The summed E-state index contributed by atoms with van der Waals surface area (Å²) in [6, 6.07) is -0.179. The maximum Gasteiger partial charge on any atom is 0.243 e. The molecule has 1 aromatic rings. The highest BCUT2D eigenvalue weighted by atomic mass is 16.5. The number of likely N-dealkylation sites (N-methyl/N-ethyl adjacent to an activating group) is 1. The molecular weight excluding hydrogens is 220 g/mol. The molecule has 6 heteroatoms. The van der Waals surface area contributed by atoms with Crippen molar-refractivity contribution in [1.29, 1.82) is 0 Å². The van der Waals surface area contributed by atoms with E-state index in [4.69, 9.17) is 15.0 Å². The number of morpholine rings is 1. The molecule has 2 atom stereocenters. The lowest BCUT2D eigenvalue weighted by Crippen LogP contribution is -2.38. The van der Waals surface area contributed by atoms with E-state index in [9.17, 15) is 0 Å². The third-order valence-corrected chi connectivity index (χ3v) is 3.10. The zero-order valence-electron chi connectivity index (χ0n) is 10.4. The van der Waals surface area contributed by atoms with E-state index in [1.807, 2.05) is 6.92 Å². The van der Waals surface area contributed by atoms with Crippen LogP contribution in [-0.4, -0.2) is 41.3 Å². The summed E-state index contributed by atoms with van der Waals surface area (Å²) in [6.45, 7) is 7.63. The van der Waals surface area contributed by atoms with Crippen molar-refractivity contribution in [3.63, 3.8) is 0 Å². The number of nitrogens with zero attached hydrogens (tertiary/aromatic N) is 3. The van der Waals surface area contributed by atoms with E-state index >= 15 is 0 Å². The molecule has 1 fully saturated rings. The third-order valence-electron chi connectivity index (χ3n) is 3.10. The van der Waals surface area contributed by atoms with Crippen molar-refractivity contribution in [3.8, 4) is 0 Å². The summed E-state index contributed by atoms with van der Waals surface area (Å²) >= 11 is 0. The minimum Gasteiger partial charge on any atom is -0.367 e. The first-order valence-corrected chi connectivity index (χ1v) is 6.17. The minimum absolute atomic E-state index is 0.0924. The maximum atomic E-state index is 5.84. The first kappa shape index (κ1) is 12.5. The Morgan fingerprint density at radius 3 is 3.06 bits per heavy atom. The molecule has 0 radical (unpaired) electrons. The summed E-state index contributed by atoms with van der Waals surface area (Å²) in [6.07, 6.45) is 0.694. The van der Waals surface area contributed by atoms with Crippen molar-refractivity contribution >= 4 is 0 Å². The summed E-state index contributed by atoms with van der Waals surface area (Å²) in [5, 5.41) is 3.96. The van der Waals surface area contributed by atoms with Gasteiger partial charge in [-0.1, -0.05) is 19.0 Å². The Morgan fingerprint density at radius 2 is 2.35 bits per heavy atom. The van der Waals surface area contributed by atoms with Crippen LogP contribution in [0.25, 0.3) is 0 Å². The van der Waals surface area contributed by atoms with Crippen molar-refractivity contribution in [2.24, 2.45) is 5.73 Å². The Labute approximate surface area is 101 Å². The second kappa shape index (κ2) is 5.57. The number of nitrogens with two attached hydrogens (primary N) is 1. The third kappa shape index (κ3) is 2.83. The molecule has 6 nitrogen and oxygen atoms in total. The van der Waals surface area contributed by atoms with Crippen LogP contribution in [0.4, 0.5) is 0 Å². The fourth-order valence-electron chi connectivity index (χ4n) is 1.85. The molecule has 0 amide bonds. The summed E-state index contributed by atoms with van der Waals surface area (Å²) in [5.74, 6) is 1.11. The van der Waals surface area contributed by atoms with Crippen LogP contribution in [0.5, 0.6) is 0 Å². The molecule has 2 rings (SSSR count). The van der Waals surface area contributed by atoms with Crippen LogP contribution in [0.2, 0.25) is 0 Å². The highest BCUT2D eigenvalue weighted by Crippen LogP contribution is 2.21. The molecule has 1 aromatic heterocycles.